The van der Waals surface area contributed by atoms with Gasteiger partial charge in [0, 0.05) is 12.1 Å². The van der Waals surface area contributed by atoms with Gasteiger partial charge in [-0.3, -0.25) is 4.79 Å². The molecule has 0 radical (unpaired) electrons. The summed E-state index contributed by atoms with van der Waals surface area (Å²) >= 11 is 0. The number of amides is 1. The third kappa shape index (κ3) is 6.63. The topological polar surface area (TPSA) is 64.6 Å². The lowest BCUT2D eigenvalue weighted by molar-refractivity contribution is -0.158. The van der Waals surface area contributed by atoms with Gasteiger partial charge >= 0.3 is 5.97 Å². The Hall–Kier alpha value is -2.82. The molecule has 0 spiro atoms. The highest BCUT2D eigenvalue weighted by Gasteiger charge is 2.23. The van der Waals surface area contributed by atoms with Crippen LogP contribution in [0.3, 0.4) is 0 Å². The molecule has 1 atom stereocenters. The summed E-state index contributed by atoms with van der Waals surface area (Å²) in [6, 6.07) is 16.8. The molecule has 1 N–H and O–H groups in total. The Labute approximate surface area is 172 Å². The van der Waals surface area contributed by atoms with Gasteiger partial charge in [0.05, 0.1) is 0 Å². The van der Waals surface area contributed by atoms with E-state index in [4.69, 9.17) is 9.47 Å². The van der Waals surface area contributed by atoms with Crippen molar-refractivity contribution in [2.75, 3.05) is 6.54 Å². The van der Waals surface area contributed by atoms with Crippen LogP contribution in [0.4, 0.5) is 0 Å². The molecule has 5 heteroatoms. The van der Waals surface area contributed by atoms with Crippen molar-refractivity contribution in [1.82, 2.24) is 5.32 Å². The van der Waals surface area contributed by atoms with Crippen LogP contribution in [-0.4, -0.2) is 30.6 Å². The summed E-state index contributed by atoms with van der Waals surface area (Å²) in [5.41, 5.74) is 1.74. The number of carbonyl (C=O) groups excluding carboxylic acids is 2. The van der Waals surface area contributed by atoms with Crippen molar-refractivity contribution in [2.24, 2.45) is 0 Å². The zero-order valence-electron chi connectivity index (χ0n) is 16.9. The zero-order chi connectivity index (χ0) is 20.5. The fourth-order valence-corrected chi connectivity index (χ4v) is 3.45. The lowest BCUT2D eigenvalue weighted by atomic mass is 9.98. The Kier molecular flexibility index (Phi) is 7.68. The molecule has 29 heavy (non-hydrogen) atoms. The number of rotatable bonds is 8. The minimum absolute atomic E-state index is 0.0178. The highest BCUT2D eigenvalue weighted by Crippen LogP contribution is 2.21. The summed E-state index contributed by atoms with van der Waals surface area (Å²) in [5.74, 6) is 0.0794. The van der Waals surface area contributed by atoms with Crippen LogP contribution >= 0.6 is 0 Å². The Morgan fingerprint density at radius 2 is 1.69 bits per heavy atom. The highest BCUT2D eigenvalue weighted by molar-refractivity contribution is 5.94. The Morgan fingerprint density at radius 1 is 1.00 bits per heavy atom. The molecule has 0 aliphatic heterocycles. The smallest absolute Gasteiger partial charge is 0.347 e. The summed E-state index contributed by atoms with van der Waals surface area (Å²) in [6.07, 6.45) is 5.44. The fourth-order valence-electron chi connectivity index (χ4n) is 3.45. The van der Waals surface area contributed by atoms with Crippen molar-refractivity contribution in [3.8, 4) is 5.75 Å². The van der Waals surface area contributed by atoms with Crippen molar-refractivity contribution in [1.29, 1.82) is 0 Å². The first kappa shape index (κ1) is 20.9. The molecule has 1 saturated carbocycles. The first-order chi connectivity index (χ1) is 14.1. The maximum atomic E-state index is 12.3. The molecule has 0 unspecified atom stereocenters. The second-order valence-electron chi connectivity index (χ2n) is 7.47. The van der Waals surface area contributed by atoms with E-state index in [1.165, 1.54) is 12.0 Å². The first-order valence-corrected chi connectivity index (χ1v) is 10.4. The average molecular weight is 395 g/mol. The van der Waals surface area contributed by atoms with Crippen LogP contribution in [0.5, 0.6) is 5.75 Å². The summed E-state index contributed by atoms with van der Waals surface area (Å²) < 4.78 is 11.2. The molecular weight excluding hydrogens is 366 g/mol. The van der Waals surface area contributed by atoms with Gasteiger partial charge in [0.15, 0.2) is 6.10 Å². The number of esters is 1. The zero-order valence-corrected chi connectivity index (χ0v) is 16.9. The van der Waals surface area contributed by atoms with Crippen LogP contribution in [0.25, 0.3) is 0 Å². The SMILES string of the molecule is C[C@@H](Oc1ccc(C(=O)NCCc2ccccc2)cc1)C(=O)OC1CCCCC1. The number of carbonyl (C=O) groups is 2. The van der Waals surface area contributed by atoms with E-state index >= 15 is 0 Å². The molecule has 1 aliphatic rings. The predicted octanol–water partition coefficient (Wildman–Crippen LogP) is 4.30. The van der Waals surface area contributed by atoms with Crippen LogP contribution in [0.2, 0.25) is 0 Å². The third-order valence-electron chi connectivity index (χ3n) is 5.14. The van der Waals surface area contributed by atoms with Gasteiger partial charge in [-0.2, -0.15) is 0 Å². The highest BCUT2D eigenvalue weighted by atomic mass is 16.6. The van der Waals surface area contributed by atoms with Gasteiger partial charge in [0.25, 0.3) is 5.91 Å². The molecule has 5 nitrogen and oxygen atoms in total. The molecule has 1 amide bonds. The average Bonchev–Trinajstić information content (AvgIpc) is 2.75. The van der Waals surface area contributed by atoms with E-state index in [2.05, 4.69) is 5.32 Å². The quantitative estimate of drug-likeness (QED) is 0.677. The molecule has 1 fully saturated rings. The Morgan fingerprint density at radius 3 is 2.38 bits per heavy atom. The normalized spacial score (nSPS) is 15.3. The van der Waals surface area contributed by atoms with Crippen LogP contribution in [-0.2, 0) is 16.0 Å². The third-order valence-corrected chi connectivity index (χ3v) is 5.14. The monoisotopic (exact) mass is 395 g/mol. The maximum Gasteiger partial charge on any atom is 0.347 e. The van der Waals surface area contributed by atoms with Crippen LogP contribution in [0.1, 0.15) is 54.9 Å². The van der Waals surface area contributed by atoms with E-state index < -0.39 is 6.10 Å². The molecular formula is C24H29NO4. The molecule has 2 aromatic rings. The van der Waals surface area contributed by atoms with Gasteiger partial charge < -0.3 is 14.8 Å². The summed E-state index contributed by atoms with van der Waals surface area (Å²) in [6.45, 7) is 2.26. The number of hydrogen-bond donors (Lipinski definition) is 1. The molecule has 0 saturated heterocycles. The van der Waals surface area contributed by atoms with E-state index in [-0.39, 0.29) is 18.0 Å². The van der Waals surface area contributed by atoms with Gasteiger partial charge in [0.2, 0.25) is 0 Å². The number of nitrogens with one attached hydrogen (secondary N) is 1. The summed E-state index contributed by atoms with van der Waals surface area (Å²) in [7, 11) is 0. The summed E-state index contributed by atoms with van der Waals surface area (Å²) in [5, 5.41) is 2.92. The minimum Gasteiger partial charge on any atom is -0.479 e. The van der Waals surface area contributed by atoms with E-state index in [0.717, 1.165) is 32.1 Å². The standard InChI is InChI=1S/C24H29NO4/c1-18(24(27)29-21-10-6-3-7-11-21)28-22-14-12-20(13-15-22)23(26)25-17-16-19-8-4-2-5-9-19/h2,4-5,8-9,12-15,18,21H,3,6-7,10-11,16-17H2,1H3,(H,25,26)/t18-/m1/s1. The predicted molar refractivity (Wildman–Crippen MR) is 112 cm³/mol. The van der Waals surface area contributed by atoms with Gasteiger partial charge in [-0.1, -0.05) is 36.8 Å². The molecule has 2 aromatic carbocycles. The van der Waals surface area contributed by atoms with E-state index in [1.807, 2.05) is 30.3 Å². The van der Waals surface area contributed by atoms with Gasteiger partial charge in [-0.05, 0) is 68.9 Å². The van der Waals surface area contributed by atoms with Crippen molar-refractivity contribution in [3.63, 3.8) is 0 Å². The Bertz CT molecular complexity index is 782. The molecule has 0 heterocycles. The van der Waals surface area contributed by atoms with Crippen LogP contribution in [0, 0.1) is 0 Å². The number of benzene rings is 2. The lowest BCUT2D eigenvalue weighted by Crippen LogP contribution is -2.31. The first-order valence-electron chi connectivity index (χ1n) is 10.4. The van der Waals surface area contributed by atoms with E-state index in [9.17, 15) is 9.59 Å². The second-order valence-corrected chi connectivity index (χ2v) is 7.47. The minimum atomic E-state index is -0.678. The molecule has 0 bridgehead atoms. The van der Waals surface area contributed by atoms with Crippen molar-refractivity contribution < 1.29 is 19.1 Å². The maximum absolute atomic E-state index is 12.3. The van der Waals surface area contributed by atoms with E-state index in [1.54, 1.807) is 31.2 Å². The largest absolute Gasteiger partial charge is 0.479 e. The number of hydrogen-bond acceptors (Lipinski definition) is 4. The van der Waals surface area contributed by atoms with Gasteiger partial charge in [0.1, 0.15) is 11.9 Å². The molecule has 1 aliphatic carbocycles. The van der Waals surface area contributed by atoms with E-state index in [0.29, 0.717) is 17.9 Å². The Balaban J connectivity index is 1.43. The van der Waals surface area contributed by atoms with Crippen molar-refractivity contribution in [3.05, 3.63) is 65.7 Å². The van der Waals surface area contributed by atoms with Crippen molar-refractivity contribution in [2.45, 2.75) is 57.7 Å². The van der Waals surface area contributed by atoms with Gasteiger partial charge in [-0.25, -0.2) is 4.79 Å². The van der Waals surface area contributed by atoms with Crippen LogP contribution < -0.4 is 10.1 Å². The fraction of sp³-hybridized carbons (Fsp3) is 0.417. The summed E-state index contributed by atoms with van der Waals surface area (Å²) in [4.78, 5) is 24.5. The van der Waals surface area contributed by atoms with Crippen molar-refractivity contribution >= 4 is 11.9 Å². The lowest BCUT2D eigenvalue weighted by Gasteiger charge is -2.23. The van der Waals surface area contributed by atoms with Crippen LogP contribution in [0.15, 0.2) is 54.6 Å². The molecule has 154 valence electrons. The second kappa shape index (κ2) is 10.6. The number of ether oxygens (including phenoxy) is 2. The van der Waals surface area contributed by atoms with Gasteiger partial charge in [-0.15, -0.1) is 0 Å². The molecule has 0 aromatic heterocycles. The molecule has 3 rings (SSSR count).